The van der Waals surface area contributed by atoms with Crippen molar-refractivity contribution < 1.29 is 14.0 Å². The topological polar surface area (TPSA) is 80.4 Å². The fourth-order valence-electron chi connectivity index (χ4n) is 5.87. The van der Waals surface area contributed by atoms with Gasteiger partial charge in [0, 0.05) is 42.0 Å². The summed E-state index contributed by atoms with van der Waals surface area (Å²) in [5.41, 5.74) is 3.95. The molecule has 2 aliphatic heterocycles. The zero-order chi connectivity index (χ0) is 23.9. The third-order valence-corrected chi connectivity index (χ3v) is 7.44. The first kappa shape index (κ1) is 21.6. The maximum absolute atomic E-state index is 13.5. The van der Waals surface area contributed by atoms with Crippen molar-refractivity contribution >= 4 is 28.5 Å². The lowest BCUT2D eigenvalue weighted by Crippen LogP contribution is -2.46. The van der Waals surface area contributed by atoms with Gasteiger partial charge in [0.1, 0.15) is 5.58 Å². The van der Waals surface area contributed by atoms with Gasteiger partial charge in [0.15, 0.2) is 0 Å². The molecule has 35 heavy (non-hydrogen) atoms. The average molecular weight is 469 g/mol. The van der Waals surface area contributed by atoms with Crippen LogP contribution in [0.25, 0.3) is 11.0 Å². The fraction of sp³-hybridized carbons (Fsp3) is 0.321. The second-order valence-electron chi connectivity index (χ2n) is 9.87. The van der Waals surface area contributed by atoms with Crippen LogP contribution in [0.1, 0.15) is 52.0 Å². The smallest absolute Gasteiger partial charge is 0.258 e. The predicted molar refractivity (Wildman–Crippen MR) is 133 cm³/mol. The molecule has 4 heterocycles. The van der Waals surface area contributed by atoms with E-state index < -0.39 is 0 Å². The van der Waals surface area contributed by atoms with Crippen LogP contribution in [0.5, 0.6) is 0 Å². The lowest BCUT2D eigenvalue weighted by molar-refractivity contribution is 0.0524. The molecule has 1 N–H and O–H groups in total. The van der Waals surface area contributed by atoms with Gasteiger partial charge in [-0.2, -0.15) is 5.10 Å². The molecule has 2 saturated heterocycles. The van der Waals surface area contributed by atoms with Crippen molar-refractivity contribution in [3.05, 3.63) is 83.9 Å². The number of aryl methyl sites for hydroxylation is 1. The highest BCUT2D eigenvalue weighted by molar-refractivity contribution is 6.05. The van der Waals surface area contributed by atoms with Crippen molar-refractivity contribution in [3.8, 4) is 0 Å². The van der Waals surface area contributed by atoms with Gasteiger partial charge in [-0.1, -0.05) is 18.2 Å². The molecule has 0 radical (unpaired) electrons. The Balaban J connectivity index is 1.13. The Bertz CT molecular complexity index is 1390. The number of fused-ring (bicyclic) bond motifs is 3. The van der Waals surface area contributed by atoms with E-state index in [4.69, 9.17) is 4.42 Å². The van der Waals surface area contributed by atoms with Gasteiger partial charge in [-0.25, -0.2) is 0 Å². The van der Waals surface area contributed by atoms with E-state index in [1.54, 1.807) is 30.3 Å². The summed E-state index contributed by atoms with van der Waals surface area (Å²) in [5.74, 6) is 0.385. The number of anilines is 1. The molecule has 6 rings (SSSR count). The molecule has 0 aliphatic carbocycles. The van der Waals surface area contributed by atoms with Gasteiger partial charge >= 0.3 is 0 Å². The van der Waals surface area contributed by atoms with Crippen LogP contribution in [0.3, 0.4) is 0 Å². The maximum Gasteiger partial charge on any atom is 0.258 e. The molecule has 2 atom stereocenters. The summed E-state index contributed by atoms with van der Waals surface area (Å²) in [5, 5.41) is 8.06. The molecule has 2 amide bonds. The third-order valence-electron chi connectivity index (χ3n) is 7.44. The number of hydrogen-bond donors (Lipinski definition) is 1. The van der Waals surface area contributed by atoms with Gasteiger partial charge in [-0.05, 0) is 73.9 Å². The van der Waals surface area contributed by atoms with Crippen LogP contribution in [-0.2, 0) is 13.5 Å². The quantitative estimate of drug-likeness (QED) is 0.445. The Morgan fingerprint density at radius 2 is 1.89 bits per heavy atom. The molecule has 7 heteroatoms. The zero-order valence-electron chi connectivity index (χ0n) is 19.7. The number of aromatic nitrogens is 2. The molecule has 2 aliphatic rings. The summed E-state index contributed by atoms with van der Waals surface area (Å²) >= 11 is 0. The fourth-order valence-corrected chi connectivity index (χ4v) is 5.87. The molecule has 178 valence electrons. The van der Waals surface area contributed by atoms with Gasteiger partial charge < -0.3 is 14.6 Å². The monoisotopic (exact) mass is 468 g/mol. The van der Waals surface area contributed by atoms with E-state index in [1.807, 2.05) is 24.3 Å². The van der Waals surface area contributed by atoms with Crippen molar-refractivity contribution in [2.75, 3.05) is 5.32 Å². The van der Waals surface area contributed by atoms with Crippen LogP contribution in [0.15, 0.2) is 71.6 Å². The molecule has 0 saturated carbocycles. The average Bonchev–Trinajstić information content (AvgIpc) is 3.56. The van der Waals surface area contributed by atoms with Gasteiger partial charge in [0.05, 0.1) is 18.0 Å². The minimum Gasteiger partial charge on any atom is -0.464 e. The minimum atomic E-state index is -0.240. The van der Waals surface area contributed by atoms with Crippen LogP contribution in [0.4, 0.5) is 5.69 Å². The van der Waals surface area contributed by atoms with E-state index in [-0.39, 0.29) is 23.9 Å². The van der Waals surface area contributed by atoms with Crippen molar-refractivity contribution in [3.63, 3.8) is 0 Å². The van der Waals surface area contributed by atoms with Crippen molar-refractivity contribution in [1.29, 1.82) is 0 Å². The van der Waals surface area contributed by atoms with E-state index in [9.17, 15) is 9.59 Å². The molecular formula is C28H28N4O3. The zero-order valence-corrected chi connectivity index (χ0v) is 19.7. The summed E-state index contributed by atoms with van der Waals surface area (Å²) in [4.78, 5) is 28.1. The summed E-state index contributed by atoms with van der Waals surface area (Å²) in [6.45, 7) is 0. The van der Waals surface area contributed by atoms with Gasteiger partial charge in [0.2, 0.25) is 0 Å². The maximum atomic E-state index is 13.5. The second kappa shape index (κ2) is 8.73. The first-order chi connectivity index (χ1) is 17.0. The van der Waals surface area contributed by atoms with E-state index in [0.29, 0.717) is 22.7 Å². The molecule has 0 unspecified atom stereocenters. The van der Waals surface area contributed by atoms with E-state index in [0.717, 1.165) is 43.1 Å². The highest BCUT2D eigenvalue weighted by Gasteiger charge is 2.43. The number of rotatable bonds is 5. The summed E-state index contributed by atoms with van der Waals surface area (Å²) in [6, 6.07) is 16.3. The summed E-state index contributed by atoms with van der Waals surface area (Å²) in [7, 11) is 1.77. The van der Waals surface area contributed by atoms with Crippen LogP contribution >= 0.6 is 0 Å². The number of nitrogens with zero attached hydrogens (tertiary/aromatic N) is 3. The number of nitrogens with one attached hydrogen (secondary N) is 1. The lowest BCUT2D eigenvalue weighted by Gasteiger charge is -2.39. The van der Waals surface area contributed by atoms with Gasteiger partial charge in [-0.3, -0.25) is 14.3 Å². The normalized spacial score (nSPS) is 21.4. The standard InChI is InChI=1S/C28H28N4O3/c1-31-17-22(16-29-31)27(33)30-23-4-2-3-21(15-23)28(34)32-24-7-8-25(32)13-19(12-24)11-18-5-6-20-9-10-35-26(20)14-18/h2-6,9-10,14-17,19,24-25H,7-8,11-13H2,1H3,(H,30,33)/t24-,25-/m0/s1. The van der Waals surface area contributed by atoms with Crippen molar-refractivity contribution in [1.82, 2.24) is 14.7 Å². The number of furan rings is 1. The minimum absolute atomic E-state index is 0.0606. The molecule has 2 fully saturated rings. The van der Waals surface area contributed by atoms with Gasteiger partial charge in [0.25, 0.3) is 11.8 Å². The third kappa shape index (κ3) is 4.22. The predicted octanol–water partition coefficient (Wildman–Crippen LogP) is 5.04. The van der Waals surface area contributed by atoms with Crippen molar-refractivity contribution in [2.24, 2.45) is 13.0 Å². The van der Waals surface area contributed by atoms with E-state index in [2.05, 4.69) is 33.5 Å². The largest absolute Gasteiger partial charge is 0.464 e. The first-order valence-electron chi connectivity index (χ1n) is 12.2. The summed E-state index contributed by atoms with van der Waals surface area (Å²) < 4.78 is 7.16. The Hall–Kier alpha value is -3.87. The highest BCUT2D eigenvalue weighted by Crippen LogP contribution is 2.41. The van der Waals surface area contributed by atoms with E-state index in [1.165, 1.54) is 11.8 Å². The van der Waals surface area contributed by atoms with Crippen LogP contribution in [-0.4, -0.2) is 38.6 Å². The molecule has 2 bridgehead atoms. The van der Waals surface area contributed by atoms with Crippen LogP contribution in [0.2, 0.25) is 0 Å². The molecular weight excluding hydrogens is 440 g/mol. The molecule has 2 aromatic carbocycles. The number of carbonyl (C=O) groups is 2. The molecule has 7 nitrogen and oxygen atoms in total. The van der Waals surface area contributed by atoms with Crippen LogP contribution in [0, 0.1) is 5.92 Å². The number of amides is 2. The Labute approximate surface area is 203 Å². The second-order valence-corrected chi connectivity index (χ2v) is 9.87. The number of piperidine rings is 1. The van der Waals surface area contributed by atoms with Gasteiger partial charge in [-0.15, -0.1) is 0 Å². The molecule has 2 aromatic heterocycles. The SMILES string of the molecule is Cn1cc(C(=O)Nc2cccc(C(=O)N3[C@H]4CC[C@H]3CC(Cc3ccc5ccoc5c3)C4)c2)cn1. The molecule has 0 spiro atoms. The molecule has 4 aromatic rings. The Kier molecular flexibility index (Phi) is 5.40. The lowest BCUT2D eigenvalue weighted by atomic mass is 9.85. The van der Waals surface area contributed by atoms with Crippen LogP contribution < -0.4 is 5.32 Å². The van der Waals surface area contributed by atoms with E-state index >= 15 is 0 Å². The number of benzene rings is 2. The number of hydrogen-bond acceptors (Lipinski definition) is 4. The summed E-state index contributed by atoms with van der Waals surface area (Å²) in [6.07, 6.45) is 10.1. The highest BCUT2D eigenvalue weighted by atomic mass is 16.3. The Morgan fingerprint density at radius 1 is 1.06 bits per heavy atom. The Morgan fingerprint density at radius 3 is 2.66 bits per heavy atom. The van der Waals surface area contributed by atoms with Crippen molar-refractivity contribution in [2.45, 2.75) is 44.2 Å². The first-order valence-corrected chi connectivity index (χ1v) is 12.2. The number of carbonyl (C=O) groups excluding carboxylic acids is 2.